The molecule has 2 aromatic carbocycles. The highest BCUT2D eigenvalue weighted by Crippen LogP contribution is 2.23. The fourth-order valence-corrected chi connectivity index (χ4v) is 2.34. The van der Waals surface area contributed by atoms with Crippen molar-refractivity contribution in [2.24, 2.45) is 0 Å². The molecule has 0 aliphatic rings. The van der Waals surface area contributed by atoms with Gasteiger partial charge in [-0.05, 0) is 36.4 Å². The van der Waals surface area contributed by atoms with E-state index in [-0.39, 0.29) is 5.56 Å². The van der Waals surface area contributed by atoms with Crippen LogP contribution < -0.4 is 5.32 Å². The van der Waals surface area contributed by atoms with Crippen LogP contribution >= 0.6 is 11.6 Å². The predicted octanol–water partition coefficient (Wildman–Crippen LogP) is 2.99. The zero-order valence-corrected chi connectivity index (χ0v) is 14.3. The molecule has 1 amide bonds. The van der Waals surface area contributed by atoms with Gasteiger partial charge in [0.15, 0.2) is 18.2 Å². The number of amides is 1. The molecular weight excluding hydrogens is 382 g/mol. The van der Waals surface area contributed by atoms with E-state index in [0.717, 1.165) is 12.1 Å². The number of benzene rings is 2. The molecular formula is C17H11ClF2N4O3. The van der Waals surface area contributed by atoms with Crippen molar-refractivity contribution in [3.8, 4) is 5.69 Å². The van der Waals surface area contributed by atoms with E-state index in [4.69, 9.17) is 16.3 Å². The third-order valence-electron chi connectivity index (χ3n) is 3.39. The Bertz CT molecular complexity index is 996. The van der Waals surface area contributed by atoms with Gasteiger partial charge in [0.1, 0.15) is 12.7 Å². The maximum atomic E-state index is 13.2. The van der Waals surface area contributed by atoms with Crippen LogP contribution in [0.25, 0.3) is 5.69 Å². The molecule has 0 spiro atoms. The molecule has 1 aromatic heterocycles. The fourth-order valence-electron chi connectivity index (χ4n) is 2.16. The number of ether oxygens (including phenoxy) is 1. The van der Waals surface area contributed by atoms with Gasteiger partial charge >= 0.3 is 5.97 Å². The quantitative estimate of drug-likeness (QED) is 0.674. The van der Waals surface area contributed by atoms with Gasteiger partial charge in [-0.1, -0.05) is 11.6 Å². The van der Waals surface area contributed by atoms with Crippen LogP contribution in [0, 0.1) is 11.6 Å². The molecule has 3 rings (SSSR count). The molecule has 138 valence electrons. The molecule has 10 heteroatoms. The molecule has 0 saturated carbocycles. The summed E-state index contributed by atoms with van der Waals surface area (Å²) < 4.78 is 32.3. The maximum absolute atomic E-state index is 13.2. The van der Waals surface area contributed by atoms with Crippen molar-refractivity contribution in [1.82, 2.24) is 14.8 Å². The summed E-state index contributed by atoms with van der Waals surface area (Å²) >= 11 is 5.95. The lowest BCUT2D eigenvalue weighted by Crippen LogP contribution is -2.22. The molecule has 27 heavy (non-hydrogen) atoms. The Morgan fingerprint density at radius 1 is 1.15 bits per heavy atom. The van der Waals surface area contributed by atoms with Crippen LogP contribution in [-0.2, 0) is 9.53 Å². The molecule has 0 bridgehead atoms. The predicted molar refractivity (Wildman–Crippen MR) is 91.6 cm³/mol. The number of halogens is 3. The molecule has 1 heterocycles. The molecule has 0 radical (unpaired) electrons. The Hall–Kier alpha value is -3.33. The summed E-state index contributed by atoms with van der Waals surface area (Å²) in [6.45, 7) is -0.638. The molecule has 0 aliphatic heterocycles. The van der Waals surface area contributed by atoms with Gasteiger partial charge in [-0.2, -0.15) is 5.10 Å². The Morgan fingerprint density at radius 3 is 2.67 bits per heavy atom. The van der Waals surface area contributed by atoms with E-state index >= 15 is 0 Å². The second-order valence-corrected chi connectivity index (χ2v) is 5.69. The average molecular weight is 393 g/mol. The molecule has 0 atom stereocenters. The zero-order valence-electron chi connectivity index (χ0n) is 13.5. The van der Waals surface area contributed by atoms with Gasteiger partial charge in [0.2, 0.25) is 0 Å². The van der Waals surface area contributed by atoms with E-state index in [1.165, 1.54) is 23.4 Å². The number of nitrogens with zero attached hydrogens (tertiary/aromatic N) is 3. The fraction of sp³-hybridized carbons (Fsp3) is 0.0588. The Labute approximate surface area is 156 Å². The van der Waals surface area contributed by atoms with Crippen molar-refractivity contribution >= 4 is 29.2 Å². The number of carbonyl (C=O) groups excluding carboxylic acids is 2. The van der Waals surface area contributed by atoms with Gasteiger partial charge in [0, 0.05) is 5.02 Å². The van der Waals surface area contributed by atoms with Crippen LogP contribution in [0.3, 0.4) is 0 Å². The molecule has 0 fully saturated rings. The van der Waals surface area contributed by atoms with Gasteiger partial charge in [0.25, 0.3) is 5.91 Å². The van der Waals surface area contributed by atoms with Crippen molar-refractivity contribution in [2.75, 3.05) is 11.9 Å². The largest absolute Gasteiger partial charge is 0.452 e. The third-order valence-corrected chi connectivity index (χ3v) is 3.62. The first-order valence-electron chi connectivity index (χ1n) is 7.50. The van der Waals surface area contributed by atoms with Crippen LogP contribution in [0.2, 0.25) is 5.02 Å². The smallest absolute Gasteiger partial charge is 0.338 e. The number of hydrogen-bond acceptors (Lipinski definition) is 5. The lowest BCUT2D eigenvalue weighted by atomic mass is 10.2. The topological polar surface area (TPSA) is 86.1 Å². The highest BCUT2D eigenvalue weighted by atomic mass is 35.5. The number of anilines is 1. The van der Waals surface area contributed by atoms with Crippen LogP contribution in [0.4, 0.5) is 14.5 Å². The van der Waals surface area contributed by atoms with E-state index < -0.39 is 30.1 Å². The normalized spacial score (nSPS) is 10.5. The summed E-state index contributed by atoms with van der Waals surface area (Å²) in [6.07, 6.45) is 2.76. The van der Waals surface area contributed by atoms with E-state index in [1.807, 2.05) is 0 Å². The van der Waals surface area contributed by atoms with Crippen molar-refractivity contribution in [1.29, 1.82) is 0 Å². The number of carbonyl (C=O) groups is 2. The van der Waals surface area contributed by atoms with Gasteiger partial charge in [-0.3, -0.25) is 4.79 Å². The first kappa shape index (κ1) is 18.5. The van der Waals surface area contributed by atoms with Gasteiger partial charge in [0.05, 0.1) is 16.9 Å². The standard InChI is InChI=1S/C17H11ClF2N4O3/c18-11-2-4-15(24-9-21-8-22-24)14(6-11)23-16(25)7-27-17(26)10-1-3-12(19)13(20)5-10/h1-6,8-9H,7H2,(H,23,25). The maximum Gasteiger partial charge on any atom is 0.338 e. The van der Waals surface area contributed by atoms with E-state index in [9.17, 15) is 18.4 Å². The van der Waals surface area contributed by atoms with Crippen LogP contribution in [-0.4, -0.2) is 33.2 Å². The summed E-state index contributed by atoms with van der Waals surface area (Å²) in [7, 11) is 0. The van der Waals surface area contributed by atoms with Gasteiger partial charge < -0.3 is 10.1 Å². The van der Waals surface area contributed by atoms with Crippen LogP contribution in [0.5, 0.6) is 0 Å². The second kappa shape index (κ2) is 7.92. The lowest BCUT2D eigenvalue weighted by Gasteiger charge is -2.11. The number of rotatable bonds is 5. The lowest BCUT2D eigenvalue weighted by molar-refractivity contribution is -0.119. The summed E-state index contributed by atoms with van der Waals surface area (Å²) in [5.74, 6) is -3.91. The summed E-state index contributed by atoms with van der Waals surface area (Å²) in [4.78, 5) is 27.8. The Kier molecular flexibility index (Phi) is 5.41. The SMILES string of the molecule is O=C(COC(=O)c1ccc(F)c(F)c1)Nc1cc(Cl)ccc1-n1cncn1. The molecule has 7 nitrogen and oxygen atoms in total. The minimum Gasteiger partial charge on any atom is -0.452 e. The van der Waals surface area contributed by atoms with Gasteiger partial charge in [-0.25, -0.2) is 23.2 Å². The highest BCUT2D eigenvalue weighted by molar-refractivity contribution is 6.31. The van der Waals surface area contributed by atoms with Crippen molar-refractivity contribution < 1.29 is 23.1 Å². The van der Waals surface area contributed by atoms with Crippen LogP contribution in [0.15, 0.2) is 49.1 Å². The average Bonchev–Trinajstić information content (AvgIpc) is 3.16. The number of nitrogens with one attached hydrogen (secondary N) is 1. The molecule has 3 aromatic rings. The number of esters is 1. The number of aromatic nitrogens is 3. The zero-order chi connectivity index (χ0) is 19.4. The summed E-state index contributed by atoms with van der Waals surface area (Å²) in [5.41, 5.74) is 0.604. The summed E-state index contributed by atoms with van der Waals surface area (Å²) in [6, 6.07) is 7.26. The first-order valence-corrected chi connectivity index (χ1v) is 7.88. The third kappa shape index (κ3) is 4.45. The van der Waals surface area contributed by atoms with Crippen molar-refractivity contribution in [3.63, 3.8) is 0 Å². The van der Waals surface area contributed by atoms with Crippen molar-refractivity contribution in [3.05, 3.63) is 71.3 Å². The molecule has 0 saturated heterocycles. The van der Waals surface area contributed by atoms with Crippen molar-refractivity contribution in [2.45, 2.75) is 0 Å². The highest BCUT2D eigenvalue weighted by Gasteiger charge is 2.15. The minimum atomic E-state index is -1.19. The summed E-state index contributed by atoms with van der Waals surface area (Å²) in [5, 5.41) is 6.89. The van der Waals surface area contributed by atoms with Crippen LogP contribution in [0.1, 0.15) is 10.4 Å². The Morgan fingerprint density at radius 2 is 1.96 bits per heavy atom. The number of hydrogen-bond donors (Lipinski definition) is 1. The van der Waals surface area contributed by atoms with E-state index in [1.54, 1.807) is 12.1 Å². The first-order chi connectivity index (χ1) is 12.9. The van der Waals surface area contributed by atoms with E-state index in [2.05, 4.69) is 15.4 Å². The van der Waals surface area contributed by atoms with E-state index in [0.29, 0.717) is 22.5 Å². The molecule has 0 unspecified atom stereocenters. The Balaban J connectivity index is 1.67. The van der Waals surface area contributed by atoms with Gasteiger partial charge in [-0.15, -0.1) is 0 Å². The minimum absolute atomic E-state index is 0.215. The monoisotopic (exact) mass is 392 g/mol. The molecule has 0 aliphatic carbocycles. The second-order valence-electron chi connectivity index (χ2n) is 5.25. The molecule has 1 N–H and O–H groups in total.